The van der Waals surface area contributed by atoms with Crippen molar-refractivity contribution >= 4 is 17.6 Å². The van der Waals surface area contributed by atoms with E-state index in [4.69, 9.17) is 4.74 Å². The van der Waals surface area contributed by atoms with Gasteiger partial charge in [-0.1, -0.05) is 51.1 Å². The number of anilines is 1. The summed E-state index contributed by atoms with van der Waals surface area (Å²) >= 11 is 0. The smallest absolute Gasteiger partial charge is 0.338 e. The Bertz CT molecular complexity index is 763. The van der Waals surface area contributed by atoms with Gasteiger partial charge in [-0.05, 0) is 54.5 Å². The van der Waals surface area contributed by atoms with Crippen LogP contribution in [0.1, 0.15) is 47.8 Å². The van der Waals surface area contributed by atoms with Gasteiger partial charge in [0.15, 0.2) is 6.61 Å². The molecule has 2 aromatic carbocycles. The summed E-state index contributed by atoms with van der Waals surface area (Å²) in [6, 6.07) is 13.2. The maximum absolute atomic E-state index is 12.2. The minimum absolute atomic E-state index is 0.302. The highest BCUT2D eigenvalue weighted by molar-refractivity contribution is 5.96. The fraction of sp³-hybridized carbons (Fsp3) is 0.364. The maximum atomic E-state index is 12.2. The Hall–Kier alpha value is -2.62. The Morgan fingerprint density at radius 2 is 1.77 bits per heavy atom. The first-order chi connectivity index (χ1) is 12.4. The first-order valence-electron chi connectivity index (χ1n) is 9.05. The van der Waals surface area contributed by atoms with Crippen LogP contribution in [0.15, 0.2) is 42.5 Å². The quantitative estimate of drug-likeness (QED) is 0.743. The molecule has 4 heteroatoms. The Kier molecular flexibility index (Phi) is 6.96. The van der Waals surface area contributed by atoms with Crippen molar-refractivity contribution in [2.75, 3.05) is 11.9 Å². The number of benzene rings is 2. The number of esters is 1. The number of amides is 1. The van der Waals surface area contributed by atoms with Gasteiger partial charge in [-0.3, -0.25) is 4.79 Å². The highest BCUT2D eigenvalue weighted by Crippen LogP contribution is 2.21. The number of hydrogen-bond acceptors (Lipinski definition) is 3. The second-order valence-electron chi connectivity index (χ2n) is 6.88. The van der Waals surface area contributed by atoms with Crippen molar-refractivity contribution in [2.45, 2.75) is 40.5 Å². The molecule has 0 aromatic heterocycles. The zero-order chi connectivity index (χ0) is 19.1. The minimum atomic E-state index is -0.489. The zero-order valence-electron chi connectivity index (χ0n) is 16.0. The van der Waals surface area contributed by atoms with Crippen LogP contribution in [-0.2, 0) is 22.4 Å². The van der Waals surface area contributed by atoms with Gasteiger partial charge in [0, 0.05) is 5.69 Å². The normalized spacial score (nSPS) is 10.7. The molecule has 0 atom stereocenters. The Morgan fingerprint density at radius 3 is 2.38 bits per heavy atom. The summed E-state index contributed by atoms with van der Waals surface area (Å²) in [5.74, 6) is -0.263. The molecule has 0 bridgehead atoms. The highest BCUT2D eigenvalue weighted by Gasteiger charge is 2.13. The molecule has 0 saturated carbocycles. The lowest BCUT2D eigenvalue weighted by Gasteiger charge is -2.13. The molecule has 0 aliphatic rings. The number of rotatable bonds is 7. The van der Waals surface area contributed by atoms with Crippen LogP contribution in [0.25, 0.3) is 0 Å². The van der Waals surface area contributed by atoms with Crippen molar-refractivity contribution in [3.8, 4) is 0 Å². The maximum Gasteiger partial charge on any atom is 0.338 e. The fourth-order valence-corrected chi connectivity index (χ4v) is 2.84. The fourth-order valence-electron chi connectivity index (χ4n) is 2.84. The Labute approximate surface area is 155 Å². The standard InChI is InChI=1S/C22H27NO3/c1-5-18-8-6-7-16(4)21(18)23-20(24)14-26-22(25)19-11-9-17(10-12-19)13-15(2)3/h6-12,15H,5,13-14H2,1-4H3,(H,23,24). The molecule has 0 aliphatic carbocycles. The lowest BCUT2D eigenvalue weighted by Crippen LogP contribution is -2.22. The largest absolute Gasteiger partial charge is 0.452 e. The van der Waals surface area contributed by atoms with Gasteiger partial charge in [-0.25, -0.2) is 4.79 Å². The minimum Gasteiger partial charge on any atom is -0.452 e. The molecule has 0 unspecified atom stereocenters. The molecule has 2 rings (SSSR count). The van der Waals surface area contributed by atoms with E-state index >= 15 is 0 Å². The van der Waals surface area contributed by atoms with E-state index in [0.29, 0.717) is 11.5 Å². The summed E-state index contributed by atoms with van der Waals surface area (Å²) in [4.78, 5) is 24.3. The zero-order valence-corrected chi connectivity index (χ0v) is 16.0. The molecule has 1 N–H and O–H groups in total. The van der Waals surface area contributed by atoms with Crippen LogP contribution < -0.4 is 5.32 Å². The summed E-state index contributed by atoms with van der Waals surface area (Å²) in [5, 5.41) is 2.85. The van der Waals surface area contributed by atoms with Crippen LogP contribution in [0, 0.1) is 12.8 Å². The monoisotopic (exact) mass is 353 g/mol. The first-order valence-corrected chi connectivity index (χ1v) is 9.05. The number of hydrogen-bond donors (Lipinski definition) is 1. The van der Waals surface area contributed by atoms with Gasteiger partial charge in [-0.2, -0.15) is 0 Å². The van der Waals surface area contributed by atoms with Gasteiger partial charge >= 0.3 is 5.97 Å². The van der Waals surface area contributed by atoms with Gasteiger partial charge < -0.3 is 10.1 Å². The lowest BCUT2D eigenvalue weighted by molar-refractivity contribution is -0.119. The molecule has 2 aromatic rings. The molecule has 0 fully saturated rings. The van der Waals surface area contributed by atoms with Crippen molar-refractivity contribution in [1.82, 2.24) is 0 Å². The molecular formula is C22H27NO3. The van der Waals surface area contributed by atoms with Gasteiger partial charge in [-0.15, -0.1) is 0 Å². The molecule has 0 spiro atoms. The number of para-hydroxylation sites is 1. The van der Waals surface area contributed by atoms with Crippen LogP contribution in [0.4, 0.5) is 5.69 Å². The van der Waals surface area contributed by atoms with E-state index < -0.39 is 5.97 Å². The number of ether oxygens (including phenoxy) is 1. The van der Waals surface area contributed by atoms with Crippen molar-refractivity contribution < 1.29 is 14.3 Å². The number of carbonyl (C=O) groups is 2. The summed E-state index contributed by atoms with van der Waals surface area (Å²) in [5.41, 5.74) is 4.49. The third-order valence-corrected chi connectivity index (χ3v) is 4.17. The van der Waals surface area contributed by atoms with Gasteiger partial charge in [0.2, 0.25) is 0 Å². The van der Waals surface area contributed by atoms with Crippen LogP contribution in [-0.4, -0.2) is 18.5 Å². The first kappa shape index (κ1) is 19.7. The van der Waals surface area contributed by atoms with Crippen LogP contribution >= 0.6 is 0 Å². The van der Waals surface area contributed by atoms with Gasteiger partial charge in [0.25, 0.3) is 5.91 Å². The molecule has 0 radical (unpaired) electrons. The van der Waals surface area contributed by atoms with Crippen LogP contribution in [0.2, 0.25) is 0 Å². The van der Waals surface area contributed by atoms with Gasteiger partial charge in [0.1, 0.15) is 0 Å². The van der Waals surface area contributed by atoms with E-state index in [9.17, 15) is 9.59 Å². The molecule has 1 amide bonds. The van der Waals surface area contributed by atoms with Crippen molar-refractivity contribution in [2.24, 2.45) is 5.92 Å². The number of carbonyl (C=O) groups excluding carboxylic acids is 2. The number of aryl methyl sites for hydroxylation is 2. The van der Waals surface area contributed by atoms with E-state index in [-0.39, 0.29) is 12.5 Å². The van der Waals surface area contributed by atoms with E-state index in [1.807, 2.05) is 44.2 Å². The second-order valence-corrected chi connectivity index (χ2v) is 6.88. The summed E-state index contributed by atoms with van der Waals surface area (Å²) in [6.07, 6.45) is 1.79. The Morgan fingerprint density at radius 1 is 1.08 bits per heavy atom. The van der Waals surface area contributed by atoms with Crippen molar-refractivity contribution in [1.29, 1.82) is 0 Å². The van der Waals surface area contributed by atoms with Crippen LogP contribution in [0.5, 0.6) is 0 Å². The van der Waals surface area contributed by atoms with Gasteiger partial charge in [0.05, 0.1) is 5.56 Å². The Balaban J connectivity index is 1.92. The second kappa shape index (κ2) is 9.18. The molecule has 138 valence electrons. The number of nitrogens with one attached hydrogen (secondary N) is 1. The lowest BCUT2D eigenvalue weighted by atomic mass is 10.0. The predicted molar refractivity (Wildman–Crippen MR) is 104 cm³/mol. The molecule has 0 heterocycles. The average molecular weight is 353 g/mol. The summed E-state index contributed by atoms with van der Waals surface area (Å²) < 4.78 is 5.15. The van der Waals surface area contributed by atoms with Crippen molar-refractivity contribution in [3.05, 3.63) is 64.7 Å². The average Bonchev–Trinajstić information content (AvgIpc) is 2.61. The van der Waals surface area contributed by atoms with E-state index in [1.165, 1.54) is 5.56 Å². The molecule has 0 aliphatic heterocycles. The van der Waals surface area contributed by atoms with Crippen molar-refractivity contribution in [3.63, 3.8) is 0 Å². The molecular weight excluding hydrogens is 326 g/mol. The summed E-state index contributed by atoms with van der Waals surface area (Å²) in [6.45, 7) is 7.98. The molecule has 4 nitrogen and oxygen atoms in total. The third-order valence-electron chi connectivity index (χ3n) is 4.17. The van der Waals surface area contributed by atoms with Crippen LogP contribution in [0.3, 0.4) is 0 Å². The highest BCUT2D eigenvalue weighted by atomic mass is 16.5. The van der Waals surface area contributed by atoms with E-state index in [2.05, 4.69) is 19.2 Å². The van der Waals surface area contributed by atoms with E-state index in [1.54, 1.807) is 12.1 Å². The third kappa shape index (κ3) is 5.45. The predicted octanol–water partition coefficient (Wildman–Crippen LogP) is 4.55. The molecule has 26 heavy (non-hydrogen) atoms. The summed E-state index contributed by atoms with van der Waals surface area (Å²) in [7, 11) is 0. The molecule has 0 saturated heterocycles. The topological polar surface area (TPSA) is 55.4 Å². The SMILES string of the molecule is CCc1cccc(C)c1NC(=O)COC(=O)c1ccc(CC(C)C)cc1. The van der Waals surface area contributed by atoms with E-state index in [0.717, 1.165) is 29.7 Å².